The zero-order valence-corrected chi connectivity index (χ0v) is 14.6. The number of para-hydroxylation sites is 2. The quantitative estimate of drug-likeness (QED) is 0.420. The van der Waals surface area contributed by atoms with Gasteiger partial charge in [-0.3, -0.25) is 4.90 Å². The van der Waals surface area contributed by atoms with Gasteiger partial charge in [-0.15, -0.1) is 0 Å². The van der Waals surface area contributed by atoms with Gasteiger partial charge in [0, 0.05) is 17.7 Å². The van der Waals surface area contributed by atoms with Crippen LogP contribution in [-0.4, -0.2) is 46.8 Å². The highest BCUT2D eigenvalue weighted by Gasteiger charge is 2.28. The zero-order valence-electron chi connectivity index (χ0n) is 14.6. The Bertz CT molecular complexity index is 992. The van der Waals surface area contributed by atoms with Gasteiger partial charge in [-0.05, 0) is 38.1 Å². The topological polar surface area (TPSA) is 50.6 Å². The van der Waals surface area contributed by atoms with Crippen molar-refractivity contribution in [1.82, 2.24) is 14.9 Å². The van der Waals surface area contributed by atoms with Crippen LogP contribution in [0, 0.1) is 0 Å². The molecule has 0 atom stereocenters. The van der Waals surface area contributed by atoms with Crippen molar-refractivity contribution in [2.24, 2.45) is 5.16 Å². The van der Waals surface area contributed by atoms with E-state index >= 15 is 0 Å². The minimum atomic E-state index is 0.599. The van der Waals surface area contributed by atoms with Crippen LogP contribution in [0.4, 0.5) is 0 Å². The summed E-state index contributed by atoms with van der Waals surface area (Å²) in [5.41, 5.74) is 6.38. The number of hydrogen-bond acceptors (Lipinski definition) is 5. The van der Waals surface area contributed by atoms with Crippen LogP contribution >= 0.6 is 0 Å². The van der Waals surface area contributed by atoms with Crippen molar-refractivity contribution >= 4 is 16.7 Å². The lowest BCUT2D eigenvalue weighted by molar-refractivity contribution is 0.119. The van der Waals surface area contributed by atoms with Crippen molar-refractivity contribution < 1.29 is 4.84 Å². The summed E-state index contributed by atoms with van der Waals surface area (Å²) in [6.45, 7) is 3.86. The Kier molecular flexibility index (Phi) is 3.87. The predicted octanol–water partition coefficient (Wildman–Crippen LogP) is 3.48. The van der Waals surface area contributed by atoms with Crippen LogP contribution < -0.4 is 0 Å². The van der Waals surface area contributed by atoms with Gasteiger partial charge in [-0.2, -0.15) is 0 Å². The van der Waals surface area contributed by atoms with Gasteiger partial charge in [0.1, 0.15) is 18.0 Å². The van der Waals surface area contributed by atoms with Crippen LogP contribution in [0.2, 0.25) is 0 Å². The monoisotopic (exact) mass is 344 g/mol. The molecule has 0 radical (unpaired) electrons. The highest BCUT2D eigenvalue weighted by Crippen LogP contribution is 2.35. The first-order valence-electron chi connectivity index (χ1n) is 9.19. The smallest absolute Gasteiger partial charge is 0.138 e. The van der Waals surface area contributed by atoms with Gasteiger partial charge in [-0.1, -0.05) is 41.6 Å². The number of likely N-dealkylation sites (tertiary alicyclic amines) is 1. The summed E-state index contributed by atoms with van der Waals surface area (Å²) < 4.78 is 0. The van der Waals surface area contributed by atoms with Gasteiger partial charge in [0.05, 0.1) is 16.7 Å². The third-order valence-corrected chi connectivity index (χ3v) is 5.09. The number of oxime groups is 1. The average Bonchev–Trinajstić information content (AvgIpc) is 3.30. The lowest BCUT2D eigenvalue weighted by Gasteiger charge is -2.12. The molecule has 5 heteroatoms. The molecule has 0 bridgehead atoms. The molecule has 1 aliphatic carbocycles. The Balaban J connectivity index is 1.49. The number of nitrogens with zero attached hydrogens (tertiary/aromatic N) is 4. The molecule has 1 saturated heterocycles. The maximum absolute atomic E-state index is 5.68. The van der Waals surface area contributed by atoms with Crippen LogP contribution in [0.1, 0.15) is 24.1 Å². The molecule has 3 aromatic rings. The maximum atomic E-state index is 5.68. The van der Waals surface area contributed by atoms with E-state index in [0.717, 1.165) is 45.8 Å². The molecule has 26 heavy (non-hydrogen) atoms. The molecule has 2 aromatic carbocycles. The fraction of sp³-hybridized carbons (Fsp3) is 0.286. The van der Waals surface area contributed by atoms with Crippen molar-refractivity contribution in [3.05, 3.63) is 59.8 Å². The van der Waals surface area contributed by atoms with Gasteiger partial charge < -0.3 is 4.84 Å². The summed E-state index contributed by atoms with van der Waals surface area (Å²) in [7, 11) is 0. The van der Waals surface area contributed by atoms with Gasteiger partial charge >= 0.3 is 0 Å². The van der Waals surface area contributed by atoms with E-state index in [4.69, 9.17) is 14.8 Å². The molecule has 130 valence electrons. The van der Waals surface area contributed by atoms with Crippen molar-refractivity contribution in [2.75, 3.05) is 26.2 Å². The Morgan fingerprint density at radius 3 is 2.27 bits per heavy atom. The van der Waals surface area contributed by atoms with Gasteiger partial charge in [0.2, 0.25) is 0 Å². The van der Waals surface area contributed by atoms with E-state index in [1.807, 2.05) is 36.4 Å². The summed E-state index contributed by atoms with van der Waals surface area (Å²) in [6.07, 6.45) is 2.58. The van der Waals surface area contributed by atoms with Gasteiger partial charge in [-0.25, -0.2) is 9.97 Å². The molecule has 0 saturated carbocycles. The van der Waals surface area contributed by atoms with Crippen molar-refractivity contribution in [3.8, 4) is 11.3 Å². The number of fused-ring (bicyclic) bond motifs is 4. The molecule has 2 aliphatic rings. The molecule has 5 nitrogen and oxygen atoms in total. The first kappa shape index (κ1) is 15.5. The molecule has 5 rings (SSSR count). The van der Waals surface area contributed by atoms with Gasteiger partial charge in [0.25, 0.3) is 0 Å². The van der Waals surface area contributed by atoms with Crippen LogP contribution in [-0.2, 0) is 4.84 Å². The predicted molar refractivity (Wildman–Crippen MR) is 102 cm³/mol. The molecule has 1 fully saturated rings. The summed E-state index contributed by atoms with van der Waals surface area (Å²) in [6, 6.07) is 16.1. The zero-order chi connectivity index (χ0) is 17.3. The van der Waals surface area contributed by atoms with E-state index in [0.29, 0.717) is 6.61 Å². The Hall–Kier alpha value is -2.79. The number of aromatic nitrogens is 2. The van der Waals surface area contributed by atoms with E-state index in [9.17, 15) is 0 Å². The second kappa shape index (κ2) is 6.50. The minimum Gasteiger partial charge on any atom is -0.394 e. The Morgan fingerprint density at radius 2 is 1.50 bits per heavy atom. The van der Waals surface area contributed by atoms with E-state index in [1.165, 1.54) is 25.9 Å². The average molecular weight is 344 g/mol. The molecule has 0 spiro atoms. The SMILES string of the molecule is c1ccc2c(c1)/C(=N\OCCN1CCCC1)c1nc3ccccc3nc1-2. The molecule has 0 unspecified atom stereocenters. The molecular weight excluding hydrogens is 324 g/mol. The molecule has 2 heterocycles. The van der Waals surface area contributed by atoms with Crippen LogP contribution in [0.3, 0.4) is 0 Å². The normalized spacial score (nSPS) is 17.6. The van der Waals surface area contributed by atoms with E-state index < -0.39 is 0 Å². The van der Waals surface area contributed by atoms with Crippen molar-refractivity contribution in [3.63, 3.8) is 0 Å². The van der Waals surface area contributed by atoms with E-state index in [2.05, 4.69) is 22.2 Å². The molecular formula is C21H20N4O. The Morgan fingerprint density at radius 1 is 0.846 bits per heavy atom. The maximum Gasteiger partial charge on any atom is 0.138 e. The van der Waals surface area contributed by atoms with Crippen molar-refractivity contribution in [1.29, 1.82) is 0 Å². The van der Waals surface area contributed by atoms with Crippen LogP contribution in [0.15, 0.2) is 53.7 Å². The summed E-state index contributed by atoms with van der Waals surface area (Å²) in [5.74, 6) is 0. The first-order valence-corrected chi connectivity index (χ1v) is 9.19. The fourth-order valence-corrected chi connectivity index (χ4v) is 3.76. The highest BCUT2D eigenvalue weighted by atomic mass is 16.6. The highest BCUT2D eigenvalue weighted by molar-refractivity contribution is 6.23. The lowest BCUT2D eigenvalue weighted by Crippen LogP contribution is -2.23. The van der Waals surface area contributed by atoms with E-state index in [1.54, 1.807) is 0 Å². The molecule has 1 aliphatic heterocycles. The Labute approximate surface area is 152 Å². The summed E-state index contributed by atoms with van der Waals surface area (Å²) in [4.78, 5) is 17.8. The molecule has 1 aromatic heterocycles. The molecule has 0 N–H and O–H groups in total. The largest absolute Gasteiger partial charge is 0.394 e. The first-order chi connectivity index (χ1) is 12.9. The minimum absolute atomic E-state index is 0.599. The van der Waals surface area contributed by atoms with Gasteiger partial charge in [0.15, 0.2) is 0 Å². The third-order valence-electron chi connectivity index (χ3n) is 5.09. The van der Waals surface area contributed by atoms with Crippen molar-refractivity contribution in [2.45, 2.75) is 12.8 Å². The standard InChI is InChI=1S/C21H20N4O/c1-2-8-16-15(7-1)19-21(23-18-10-4-3-9-17(18)22-19)20(16)24-26-14-13-25-11-5-6-12-25/h1-4,7-10H,5-6,11-14H2/b24-20+. The third kappa shape index (κ3) is 2.65. The van der Waals surface area contributed by atoms with E-state index in [-0.39, 0.29) is 0 Å². The number of rotatable bonds is 4. The van der Waals surface area contributed by atoms with Crippen LogP contribution in [0.5, 0.6) is 0 Å². The van der Waals surface area contributed by atoms with Crippen LogP contribution in [0.25, 0.3) is 22.3 Å². The fourth-order valence-electron chi connectivity index (χ4n) is 3.76. The summed E-state index contributed by atoms with van der Waals surface area (Å²) in [5, 5.41) is 4.46. The second-order valence-corrected chi connectivity index (χ2v) is 6.78. The second-order valence-electron chi connectivity index (χ2n) is 6.78. The molecule has 0 amide bonds. The number of benzene rings is 2. The number of hydrogen-bond donors (Lipinski definition) is 0. The summed E-state index contributed by atoms with van der Waals surface area (Å²) >= 11 is 0. The lowest BCUT2D eigenvalue weighted by atomic mass is 10.1.